The predicted molar refractivity (Wildman–Crippen MR) is 50.5 cm³/mol. The minimum absolute atomic E-state index is 0.354. The third kappa shape index (κ3) is 1.64. The van der Waals surface area contributed by atoms with Gasteiger partial charge in [-0.3, -0.25) is 0 Å². The van der Waals surface area contributed by atoms with Crippen molar-refractivity contribution in [3.05, 3.63) is 0 Å². The first-order valence-electron chi connectivity index (χ1n) is 5.26. The van der Waals surface area contributed by atoms with Crippen LogP contribution in [0.4, 0.5) is 0 Å². The Bertz CT molecular complexity index is 184. The van der Waals surface area contributed by atoms with Gasteiger partial charge in [0.1, 0.15) is 6.29 Å². The highest BCUT2D eigenvalue weighted by Crippen LogP contribution is 2.53. The predicted octanol–water partition coefficient (Wildman–Crippen LogP) is 2.17. The molecule has 0 unspecified atom stereocenters. The second kappa shape index (κ2) is 3.41. The summed E-state index contributed by atoms with van der Waals surface area (Å²) in [5, 5.41) is 0. The molecule has 0 atom stereocenters. The average Bonchev–Trinajstić information content (AvgIpc) is 2.14. The summed E-state index contributed by atoms with van der Waals surface area (Å²) in [5.41, 5.74) is 0.570. The number of carbonyl (C=O) groups excluding carboxylic acids is 1. The van der Waals surface area contributed by atoms with Crippen LogP contribution in [0.5, 0.6) is 0 Å². The van der Waals surface area contributed by atoms with Gasteiger partial charge in [-0.1, -0.05) is 0 Å². The van der Waals surface area contributed by atoms with Gasteiger partial charge in [0, 0.05) is 13.0 Å². The molecular formula is C11H18O2. The molecule has 0 bridgehead atoms. The van der Waals surface area contributed by atoms with Crippen molar-refractivity contribution in [2.75, 3.05) is 7.11 Å². The number of carbonyl (C=O) groups is 1. The van der Waals surface area contributed by atoms with Crippen molar-refractivity contribution in [1.82, 2.24) is 0 Å². The number of hydrogen-bond donors (Lipinski definition) is 0. The number of rotatable bonds is 2. The molecular weight excluding hydrogens is 164 g/mol. The summed E-state index contributed by atoms with van der Waals surface area (Å²) in [5.74, 6) is 0.354. The van der Waals surface area contributed by atoms with E-state index in [-0.39, 0.29) is 0 Å². The maximum absolute atomic E-state index is 10.6. The Morgan fingerprint density at radius 3 is 2.38 bits per heavy atom. The van der Waals surface area contributed by atoms with Crippen molar-refractivity contribution in [1.29, 1.82) is 0 Å². The third-order valence-electron chi connectivity index (χ3n) is 3.94. The summed E-state index contributed by atoms with van der Waals surface area (Å²) in [6.07, 6.45) is 8.82. The number of ether oxygens (including phenoxy) is 1. The lowest BCUT2D eigenvalue weighted by Crippen LogP contribution is -2.44. The van der Waals surface area contributed by atoms with Gasteiger partial charge in [0.05, 0.1) is 6.10 Å². The number of methoxy groups -OCH3 is 1. The molecule has 0 aromatic carbocycles. The molecule has 2 saturated carbocycles. The van der Waals surface area contributed by atoms with Crippen molar-refractivity contribution in [3.63, 3.8) is 0 Å². The first-order chi connectivity index (χ1) is 6.28. The maximum atomic E-state index is 10.6. The zero-order valence-electron chi connectivity index (χ0n) is 8.29. The zero-order chi connectivity index (χ0) is 9.31. The van der Waals surface area contributed by atoms with Gasteiger partial charge in [0.2, 0.25) is 0 Å². The summed E-state index contributed by atoms with van der Waals surface area (Å²) in [7, 11) is 1.80. The lowest BCUT2D eigenvalue weighted by Gasteiger charge is -2.50. The largest absolute Gasteiger partial charge is 0.381 e. The minimum Gasteiger partial charge on any atom is -0.381 e. The number of aldehydes is 1. The Kier molecular flexibility index (Phi) is 2.41. The molecule has 0 N–H and O–H groups in total. The van der Waals surface area contributed by atoms with E-state index in [1.807, 2.05) is 0 Å². The Morgan fingerprint density at radius 1 is 1.31 bits per heavy atom. The molecule has 2 nitrogen and oxygen atoms in total. The lowest BCUT2D eigenvalue weighted by atomic mass is 9.58. The normalized spacial score (nSPS) is 44.4. The molecule has 2 rings (SSSR count). The van der Waals surface area contributed by atoms with Crippen molar-refractivity contribution < 1.29 is 9.53 Å². The minimum atomic E-state index is 0.354. The zero-order valence-corrected chi connectivity index (χ0v) is 8.29. The van der Waals surface area contributed by atoms with Crippen LogP contribution < -0.4 is 0 Å². The second-order valence-electron chi connectivity index (χ2n) is 4.74. The Morgan fingerprint density at radius 2 is 1.92 bits per heavy atom. The summed E-state index contributed by atoms with van der Waals surface area (Å²) >= 11 is 0. The van der Waals surface area contributed by atoms with Crippen LogP contribution in [-0.2, 0) is 9.53 Å². The van der Waals surface area contributed by atoms with E-state index in [0.717, 1.165) is 19.1 Å². The van der Waals surface area contributed by atoms with E-state index in [4.69, 9.17) is 4.74 Å². The highest BCUT2D eigenvalue weighted by Gasteiger charge is 2.45. The fourth-order valence-corrected chi connectivity index (χ4v) is 2.87. The highest BCUT2D eigenvalue weighted by molar-refractivity contribution is 5.53. The van der Waals surface area contributed by atoms with Crippen molar-refractivity contribution in [2.24, 2.45) is 11.3 Å². The quantitative estimate of drug-likeness (QED) is 0.612. The van der Waals surface area contributed by atoms with Crippen LogP contribution in [0.25, 0.3) is 0 Å². The van der Waals surface area contributed by atoms with E-state index in [9.17, 15) is 4.79 Å². The van der Waals surface area contributed by atoms with E-state index < -0.39 is 0 Å². The first-order valence-corrected chi connectivity index (χ1v) is 5.26. The van der Waals surface area contributed by atoms with Crippen LogP contribution in [0.1, 0.15) is 38.5 Å². The monoisotopic (exact) mass is 182 g/mol. The molecule has 0 aromatic rings. The fraction of sp³-hybridized carbons (Fsp3) is 0.909. The van der Waals surface area contributed by atoms with E-state index in [1.165, 1.54) is 25.7 Å². The van der Waals surface area contributed by atoms with Crippen LogP contribution in [0, 0.1) is 11.3 Å². The molecule has 0 aromatic heterocycles. The topological polar surface area (TPSA) is 26.3 Å². The van der Waals surface area contributed by atoms with Gasteiger partial charge in [0.15, 0.2) is 0 Å². The average molecular weight is 182 g/mol. The van der Waals surface area contributed by atoms with Gasteiger partial charge in [-0.15, -0.1) is 0 Å². The van der Waals surface area contributed by atoms with Gasteiger partial charge in [-0.25, -0.2) is 0 Å². The van der Waals surface area contributed by atoms with E-state index >= 15 is 0 Å². The summed E-state index contributed by atoms with van der Waals surface area (Å²) in [4.78, 5) is 10.6. The van der Waals surface area contributed by atoms with Crippen LogP contribution >= 0.6 is 0 Å². The SMILES string of the molecule is COC1CC2(CCC(C=O)CC2)C1. The lowest BCUT2D eigenvalue weighted by molar-refractivity contribution is -0.116. The molecule has 0 aliphatic heterocycles. The molecule has 0 amide bonds. The molecule has 2 aliphatic rings. The van der Waals surface area contributed by atoms with Crippen molar-refractivity contribution in [3.8, 4) is 0 Å². The molecule has 2 fully saturated rings. The second-order valence-corrected chi connectivity index (χ2v) is 4.74. The van der Waals surface area contributed by atoms with Gasteiger partial charge < -0.3 is 9.53 Å². The van der Waals surface area contributed by atoms with Gasteiger partial charge in [-0.05, 0) is 43.9 Å². The first kappa shape index (κ1) is 9.20. The molecule has 1 spiro atoms. The standard InChI is InChI=1S/C11H18O2/c1-13-10-6-11(7-10)4-2-9(8-12)3-5-11/h8-10H,2-7H2,1H3. The Hall–Kier alpha value is -0.370. The molecule has 13 heavy (non-hydrogen) atoms. The third-order valence-corrected chi connectivity index (χ3v) is 3.94. The Labute approximate surface area is 79.7 Å². The van der Waals surface area contributed by atoms with E-state index in [2.05, 4.69) is 0 Å². The molecule has 2 aliphatic carbocycles. The molecule has 74 valence electrons. The molecule has 2 heteroatoms. The van der Waals surface area contributed by atoms with Gasteiger partial charge in [0.25, 0.3) is 0 Å². The smallest absolute Gasteiger partial charge is 0.123 e. The van der Waals surface area contributed by atoms with Crippen LogP contribution in [0.2, 0.25) is 0 Å². The van der Waals surface area contributed by atoms with E-state index in [1.54, 1.807) is 7.11 Å². The summed E-state index contributed by atoms with van der Waals surface area (Å²) in [6.45, 7) is 0. The maximum Gasteiger partial charge on any atom is 0.123 e. The number of hydrogen-bond acceptors (Lipinski definition) is 2. The summed E-state index contributed by atoms with van der Waals surface area (Å²) in [6, 6.07) is 0. The van der Waals surface area contributed by atoms with Crippen molar-refractivity contribution >= 4 is 6.29 Å². The highest BCUT2D eigenvalue weighted by atomic mass is 16.5. The molecule has 0 heterocycles. The fourth-order valence-electron chi connectivity index (χ4n) is 2.87. The van der Waals surface area contributed by atoms with Gasteiger partial charge >= 0.3 is 0 Å². The molecule has 0 saturated heterocycles. The van der Waals surface area contributed by atoms with E-state index in [0.29, 0.717) is 17.4 Å². The van der Waals surface area contributed by atoms with Crippen LogP contribution in [-0.4, -0.2) is 19.5 Å². The van der Waals surface area contributed by atoms with Crippen LogP contribution in [0.3, 0.4) is 0 Å². The molecule has 0 radical (unpaired) electrons. The van der Waals surface area contributed by atoms with Crippen LogP contribution in [0.15, 0.2) is 0 Å². The van der Waals surface area contributed by atoms with Crippen molar-refractivity contribution in [2.45, 2.75) is 44.6 Å². The Balaban J connectivity index is 1.82. The summed E-state index contributed by atoms with van der Waals surface area (Å²) < 4.78 is 5.30. The van der Waals surface area contributed by atoms with Gasteiger partial charge in [-0.2, -0.15) is 0 Å².